The van der Waals surface area contributed by atoms with Crippen LogP contribution < -0.4 is 10.1 Å². The van der Waals surface area contributed by atoms with E-state index in [-0.39, 0.29) is 11.8 Å². The van der Waals surface area contributed by atoms with E-state index in [9.17, 15) is 9.59 Å². The van der Waals surface area contributed by atoms with Gasteiger partial charge in [-0.05, 0) is 36.3 Å². The third kappa shape index (κ3) is 4.44. The summed E-state index contributed by atoms with van der Waals surface area (Å²) in [5.74, 6) is 0.647. The highest BCUT2D eigenvalue weighted by atomic mass is 16.5. The predicted octanol–water partition coefficient (Wildman–Crippen LogP) is 3.95. The van der Waals surface area contributed by atoms with Crippen molar-refractivity contribution in [3.63, 3.8) is 0 Å². The van der Waals surface area contributed by atoms with Crippen molar-refractivity contribution in [1.29, 1.82) is 0 Å². The lowest BCUT2D eigenvalue weighted by Crippen LogP contribution is -2.43. The van der Waals surface area contributed by atoms with Gasteiger partial charge in [0, 0.05) is 18.8 Å². The van der Waals surface area contributed by atoms with Crippen LogP contribution in [-0.4, -0.2) is 30.4 Å². The first-order valence-electron chi connectivity index (χ1n) is 8.83. The average molecular weight is 362 g/mol. The molecule has 0 aromatic heterocycles. The van der Waals surface area contributed by atoms with Gasteiger partial charge in [0.1, 0.15) is 5.75 Å². The zero-order valence-electron chi connectivity index (χ0n) is 15.4. The summed E-state index contributed by atoms with van der Waals surface area (Å²) in [5, 5.41) is 2.88. The number of nitrogens with zero attached hydrogens (tertiary/aromatic N) is 1. The van der Waals surface area contributed by atoms with Gasteiger partial charge in [0.25, 0.3) is 0 Å². The van der Waals surface area contributed by atoms with E-state index in [1.165, 1.54) is 11.0 Å². The predicted molar refractivity (Wildman–Crippen MR) is 105 cm³/mol. The number of allylic oxidation sites excluding steroid dienone is 1. The number of nitrogens with one attached hydrogen (secondary N) is 1. The SMILES string of the molecule is CCOc1ccc(/C=C/C(=O)C2=CN(C)C(=O)N[C@H]2c2ccccc2)cc1. The molecule has 0 aliphatic carbocycles. The molecule has 5 nitrogen and oxygen atoms in total. The van der Waals surface area contributed by atoms with Gasteiger partial charge < -0.3 is 15.0 Å². The molecule has 0 radical (unpaired) electrons. The van der Waals surface area contributed by atoms with Crippen molar-refractivity contribution in [1.82, 2.24) is 10.2 Å². The molecule has 2 amide bonds. The van der Waals surface area contributed by atoms with E-state index in [1.54, 1.807) is 19.3 Å². The number of benzene rings is 2. The maximum Gasteiger partial charge on any atom is 0.321 e. The van der Waals surface area contributed by atoms with Crippen LogP contribution in [0.4, 0.5) is 4.79 Å². The highest BCUT2D eigenvalue weighted by Gasteiger charge is 2.29. The molecule has 0 saturated carbocycles. The third-order valence-electron chi connectivity index (χ3n) is 4.27. The van der Waals surface area contributed by atoms with Crippen LogP contribution in [0.5, 0.6) is 5.75 Å². The number of rotatable bonds is 6. The van der Waals surface area contributed by atoms with Crippen LogP contribution in [0.25, 0.3) is 6.08 Å². The minimum absolute atomic E-state index is 0.149. The minimum Gasteiger partial charge on any atom is -0.494 e. The second-order valence-corrected chi connectivity index (χ2v) is 6.19. The molecule has 2 aromatic carbocycles. The first-order valence-corrected chi connectivity index (χ1v) is 8.83. The Morgan fingerprint density at radius 3 is 2.52 bits per heavy atom. The number of carbonyl (C=O) groups is 2. The number of hydrogen-bond donors (Lipinski definition) is 1. The molecule has 3 rings (SSSR count). The Balaban J connectivity index is 1.82. The van der Waals surface area contributed by atoms with Gasteiger partial charge in [0.15, 0.2) is 5.78 Å². The normalized spacial score (nSPS) is 16.8. The van der Waals surface area contributed by atoms with Crippen molar-refractivity contribution in [3.05, 3.63) is 83.6 Å². The molecule has 1 heterocycles. The van der Waals surface area contributed by atoms with E-state index in [1.807, 2.05) is 61.5 Å². The topological polar surface area (TPSA) is 58.6 Å². The third-order valence-corrected chi connectivity index (χ3v) is 4.27. The van der Waals surface area contributed by atoms with Crippen LogP contribution in [0, 0.1) is 0 Å². The van der Waals surface area contributed by atoms with E-state index >= 15 is 0 Å². The molecule has 0 bridgehead atoms. The molecule has 1 atom stereocenters. The van der Waals surface area contributed by atoms with E-state index in [0.29, 0.717) is 12.2 Å². The van der Waals surface area contributed by atoms with Gasteiger partial charge >= 0.3 is 6.03 Å². The molecule has 0 fully saturated rings. The van der Waals surface area contributed by atoms with E-state index in [4.69, 9.17) is 4.74 Å². The summed E-state index contributed by atoms with van der Waals surface area (Å²) >= 11 is 0. The lowest BCUT2D eigenvalue weighted by Gasteiger charge is -2.29. The van der Waals surface area contributed by atoms with E-state index < -0.39 is 6.04 Å². The van der Waals surface area contributed by atoms with Gasteiger partial charge in [-0.2, -0.15) is 0 Å². The van der Waals surface area contributed by atoms with Crippen molar-refractivity contribution in [2.45, 2.75) is 13.0 Å². The Labute approximate surface area is 158 Å². The van der Waals surface area contributed by atoms with Crippen molar-refractivity contribution in [2.24, 2.45) is 0 Å². The average Bonchev–Trinajstić information content (AvgIpc) is 2.70. The standard InChI is InChI=1S/C22H22N2O3/c1-3-27-18-12-9-16(10-13-18)11-14-20(25)19-15-24(2)22(26)23-21(19)17-7-5-4-6-8-17/h4-15,21H,3H2,1-2H3,(H,23,26)/b14-11+/t21-/m0/s1. The van der Waals surface area contributed by atoms with Gasteiger partial charge in [0.05, 0.1) is 12.6 Å². The molecular formula is C22H22N2O3. The van der Waals surface area contributed by atoms with Crippen molar-refractivity contribution < 1.29 is 14.3 Å². The number of carbonyl (C=O) groups excluding carboxylic acids is 2. The maximum atomic E-state index is 12.8. The number of ketones is 1. The van der Waals surface area contributed by atoms with Gasteiger partial charge in [0.2, 0.25) is 0 Å². The summed E-state index contributed by atoms with van der Waals surface area (Å²) in [5.41, 5.74) is 2.29. The quantitative estimate of drug-likeness (QED) is 0.792. The van der Waals surface area contributed by atoms with Crippen LogP contribution in [0.3, 0.4) is 0 Å². The second-order valence-electron chi connectivity index (χ2n) is 6.19. The van der Waals surface area contributed by atoms with Gasteiger partial charge in [-0.25, -0.2) is 4.79 Å². The summed E-state index contributed by atoms with van der Waals surface area (Å²) in [6, 6.07) is 16.3. The summed E-state index contributed by atoms with van der Waals surface area (Å²) in [6.45, 7) is 2.55. The fraction of sp³-hybridized carbons (Fsp3) is 0.182. The molecule has 0 unspecified atom stereocenters. The first kappa shape index (κ1) is 18.5. The largest absolute Gasteiger partial charge is 0.494 e. The summed E-state index contributed by atoms with van der Waals surface area (Å²) in [6.07, 6.45) is 4.89. The van der Waals surface area contributed by atoms with Crippen molar-refractivity contribution >= 4 is 17.9 Å². The van der Waals surface area contributed by atoms with Crippen LogP contribution in [0.15, 0.2) is 72.4 Å². The fourth-order valence-corrected chi connectivity index (χ4v) is 2.87. The Kier molecular flexibility index (Phi) is 5.71. The molecule has 1 aliphatic rings. The van der Waals surface area contributed by atoms with Gasteiger partial charge in [-0.3, -0.25) is 4.79 Å². The zero-order chi connectivity index (χ0) is 19.2. The van der Waals surface area contributed by atoms with Crippen molar-refractivity contribution in [3.8, 4) is 5.75 Å². The highest BCUT2D eigenvalue weighted by Crippen LogP contribution is 2.26. The lowest BCUT2D eigenvalue weighted by molar-refractivity contribution is -0.111. The lowest BCUT2D eigenvalue weighted by atomic mass is 9.94. The molecule has 5 heteroatoms. The highest BCUT2D eigenvalue weighted by molar-refractivity contribution is 6.08. The van der Waals surface area contributed by atoms with Crippen LogP contribution in [0.1, 0.15) is 24.1 Å². The Morgan fingerprint density at radius 2 is 1.85 bits per heavy atom. The molecule has 138 valence electrons. The molecular weight excluding hydrogens is 340 g/mol. The van der Waals surface area contributed by atoms with E-state index in [0.717, 1.165) is 16.9 Å². The van der Waals surface area contributed by atoms with Crippen LogP contribution >= 0.6 is 0 Å². The Morgan fingerprint density at radius 1 is 1.15 bits per heavy atom. The van der Waals surface area contributed by atoms with Gasteiger partial charge in [-0.1, -0.05) is 48.5 Å². The zero-order valence-corrected chi connectivity index (χ0v) is 15.4. The van der Waals surface area contributed by atoms with Gasteiger partial charge in [-0.15, -0.1) is 0 Å². The number of ether oxygens (including phenoxy) is 1. The molecule has 0 spiro atoms. The number of urea groups is 1. The molecule has 1 N–H and O–H groups in total. The minimum atomic E-state index is -0.465. The smallest absolute Gasteiger partial charge is 0.321 e. The van der Waals surface area contributed by atoms with E-state index in [2.05, 4.69) is 5.32 Å². The molecule has 2 aromatic rings. The van der Waals surface area contributed by atoms with Crippen LogP contribution in [0.2, 0.25) is 0 Å². The van der Waals surface area contributed by atoms with Crippen molar-refractivity contribution in [2.75, 3.05) is 13.7 Å². The second kappa shape index (κ2) is 8.36. The number of amides is 2. The molecule has 27 heavy (non-hydrogen) atoms. The fourth-order valence-electron chi connectivity index (χ4n) is 2.87. The molecule has 1 aliphatic heterocycles. The molecule has 0 saturated heterocycles. The Bertz CT molecular complexity index is 870. The summed E-state index contributed by atoms with van der Waals surface area (Å²) < 4.78 is 5.42. The summed E-state index contributed by atoms with van der Waals surface area (Å²) in [4.78, 5) is 26.2. The maximum absolute atomic E-state index is 12.8. The number of hydrogen-bond acceptors (Lipinski definition) is 3. The summed E-state index contributed by atoms with van der Waals surface area (Å²) in [7, 11) is 1.62. The Hall–Kier alpha value is -3.34. The van der Waals surface area contributed by atoms with Crippen LogP contribution in [-0.2, 0) is 4.79 Å². The monoisotopic (exact) mass is 362 g/mol. The first-order chi connectivity index (χ1) is 13.1.